The van der Waals surface area contributed by atoms with Crippen LogP contribution in [0.3, 0.4) is 0 Å². The maximum atomic E-state index is 5.97. The molecule has 1 aromatic heterocycles. The molecular weight excluding hydrogens is 268 g/mol. The molecule has 1 unspecified atom stereocenters. The number of halogens is 1. The van der Waals surface area contributed by atoms with Gasteiger partial charge < -0.3 is 4.57 Å². The molecule has 0 saturated carbocycles. The van der Waals surface area contributed by atoms with Crippen molar-refractivity contribution < 1.29 is 0 Å². The van der Waals surface area contributed by atoms with E-state index in [1.165, 1.54) is 23.9 Å². The highest BCUT2D eigenvalue weighted by Gasteiger charge is 2.21. The van der Waals surface area contributed by atoms with Gasteiger partial charge in [0, 0.05) is 18.3 Å². The van der Waals surface area contributed by atoms with Crippen molar-refractivity contribution in [2.45, 2.75) is 53.0 Å². The summed E-state index contributed by atoms with van der Waals surface area (Å²) in [6.45, 7) is 9.00. The van der Waals surface area contributed by atoms with E-state index in [2.05, 4.69) is 50.5 Å². The Hall–Kier alpha value is -1.02. The Morgan fingerprint density at radius 1 is 1.25 bits per heavy atom. The molecule has 0 aliphatic carbocycles. The number of rotatable bonds is 6. The van der Waals surface area contributed by atoms with Crippen LogP contribution in [0.4, 0.5) is 0 Å². The third kappa shape index (κ3) is 2.71. The first-order valence-electron chi connectivity index (χ1n) is 7.66. The molecule has 0 saturated heterocycles. The molecule has 1 aromatic carbocycles. The first-order valence-corrected chi connectivity index (χ1v) is 8.19. The van der Waals surface area contributed by atoms with Crippen LogP contribution in [0.1, 0.15) is 51.0 Å². The number of nitrogens with zero attached hydrogens (tertiary/aromatic N) is 2. The van der Waals surface area contributed by atoms with E-state index >= 15 is 0 Å². The van der Waals surface area contributed by atoms with Gasteiger partial charge in [-0.25, -0.2) is 4.98 Å². The first-order chi connectivity index (χ1) is 9.63. The summed E-state index contributed by atoms with van der Waals surface area (Å²) in [5, 5.41) is 0. The first kappa shape index (κ1) is 15.4. The summed E-state index contributed by atoms with van der Waals surface area (Å²) in [5.41, 5.74) is 3.63. The fourth-order valence-electron chi connectivity index (χ4n) is 3.20. The minimum Gasteiger partial charge on any atom is -0.325 e. The molecule has 0 amide bonds. The largest absolute Gasteiger partial charge is 0.325 e. The van der Waals surface area contributed by atoms with E-state index in [1.54, 1.807) is 0 Å². The van der Waals surface area contributed by atoms with Crippen LogP contribution in [0.2, 0.25) is 0 Å². The molecule has 2 aromatic rings. The zero-order valence-electron chi connectivity index (χ0n) is 13.0. The zero-order valence-corrected chi connectivity index (χ0v) is 13.7. The fraction of sp³-hybridized carbons (Fsp3) is 0.588. The van der Waals surface area contributed by atoms with Gasteiger partial charge in [0.15, 0.2) is 0 Å². The smallest absolute Gasteiger partial charge is 0.111 e. The average Bonchev–Trinajstić information content (AvgIpc) is 2.80. The minimum atomic E-state index is 0.468. The van der Waals surface area contributed by atoms with Crippen molar-refractivity contribution in [2.24, 2.45) is 5.92 Å². The summed E-state index contributed by atoms with van der Waals surface area (Å²) < 4.78 is 2.42. The van der Waals surface area contributed by atoms with E-state index in [1.807, 2.05) is 0 Å². The number of alkyl halides is 1. The molecule has 1 atom stereocenters. The van der Waals surface area contributed by atoms with Gasteiger partial charge in [0.1, 0.15) is 5.82 Å². The molecule has 20 heavy (non-hydrogen) atoms. The lowest BCUT2D eigenvalue weighted by molar-refractivity contribution is 0.333. The Morgan fingerprint density at radius 2 is 1.95 bits per heavy atom. The quantitative estimate of drug-likeness (QED) is 0.675. The van der Waals surface area contributed by atoms with Gasteiger partial charge in [-0.05, 0) is 31.4 Å². The lowest BCUT2D eigenvalue weighted by atomic mass is 9.95. The second-order valence-corrected chi connectivity index (χ2v) is 5.97. The van der Waals surface area contributed by atoms with Gasteiger partial charge in [-0.15, -0.1) is 11.6 Å². The predicted molar refractivity (Wildman–Crippen MR) is 87.7 cm³/mol. The Bertz CT molecular complexity index is 570. The number of aryl methyl sites for hydroxylation is 2. The van der Waals surface area contributed by atoms with Crippen LogP contribution in [-0.4, -0.2) is 15.4 Å². The SMILES string of the molecule is CCC(CC)C(C)n1c(CCCl)nc2c(C)cccc21. The van der Waals surface area contributed by atoms with Crippen molar-refractivity contribution >= 4 is 22.6 Å². The van der Waals surface area contributed by atoms with Crippen molar-refractivity contribution in [3.05, 3.63) is 29.6 Å². The van der Waals surface area contributed by atoms with Crippen molar-refractivity contribution in [1.29, 1.82) is 0 Å². The Morgan fingerprint density at radius 3 is 2.55 bits per heavy atom. The molecule has 2 rings (SSSR count). The maximum absolute atomic E-state index is 5.97. The number of benzene rings is 1. The van der Waals surface area contributed by atoms with E-state index in [0.717, 1.165) is 17.8 Å². The molecule has 110 valence electrons. The van der Waals surface area contributed by atoms with Crippen molar-refractivity contribution in [3.8, 4) is 0 Å². The van der Waals surface area contributed by atoms with Gasteiger partial charge in [-0.3, -0.25) is 0 Å². The molecule has 3 heteroatoms. The molecule has 0 bridgehead atoms. The molecule has 0 aliphatic heterocycles. The zero-order chi connectivity index (χ0) is 14.7. The number of para-hydroxylation sites is 1. The van der Waals surface area contributed by atoms with Crippen LogP contribution in [0, 0.1) is 12.8 Å². The van der Waals surface area contributed by atoms with Gasteiger partial charge in [-0.2, -0.15) is 0 Å². The Kier molecular flexibility index (Phi) is 5.09. The number of imidazole rings is 1. The number of hydrogen-bond acceptors (Lipinski definition) is 1. The second-order valence-electron chi connectivity index (χ2n) is 5.60. The Labute approximate surface area is 127 Å². The number of hydrogen-bond donors (Lipinski definition) is 0. The third-order valence-corrected chi connectivity index (χ3v) is 4.64. The summed E-state index contributed by atoms with van der Waals surface area (Å²) in [5.74, 6) is 2.43. The highest BCUT2D eigenvalue weighted by molar-refractivity contribution is 6.17. The molecule has 0 spiro atoms. The Balaban J connectivity index is 2.59. The van der Waals surface area contributed by atoms with Crippen LogP contribution >= 0.6 is 11.6 Å². The monoisotopic (exact) mass is 292 g/mol. The van der Waals surface area contributed by atoms with Crippen molar-refractivity contribution in [2.75, 3.05) is 5.88 Å². The van der Waals surface area contributed by atoms with Gasteiger partial charge in [0.25, 0.3) is 0 Å². The number of aromatic nitrogens is 2. The van der Waals surface area contributed by atoms with Crippen LogP contribution in [0.5, 0.6) is 0 Å². The van der Waals surface area contributed by atoms with Crippen LogP contribution < -0.4 is 0 Å². The fourth-order valence-corrected chi connectivity index (χ4v) is 3.37. The lowest BCUT2D eigenvalue weighted by Crippen LogP contribution is -2.18. The summed E-state index contributed by atoms with van der Waals surface area (Å²) in [6.07, 6.45) is 3.23. The van der Waals surface area contributed by atoms with Gasteiger partial charge in [-0.1, -0.05) is 38.8 Å². The van der Waals surface area contributed by atoms with E-state index in [0.29, 0.717) is 17.8 Å². The molecule has 0 N–H and O–H groups in total. The minimum absolute atomic E-state index is 0.468. The molecular formula is C17H25ClN2. The molecule has 0 radical (unpaired) electrons. The van der Waals surface area contributed by atoms with Gasteiger partial charge >= 0.3 is 0 Å². The van der Waals surface area contributed by atoms with Crippen LogP contribution in [-0.2, 0) is 6.42 Å². The van der Waals surface area contributed by atoms with Crippen LogP contribution in [0.15, 0.2) is 18.2 Å². The lowest BCUT2D eigenvalue weighted by Gasteiger charge is -2.25. The molecule has 2 nitrogen and oxygen atoms in total. The van der Waals surface area contributed by atoms with E-state index in [9.17, 15) is 0 Å². The van der Waals surface area contributed by atoms with Crippen molar-refractivity contribution in [3.63, 3.8) is 0 Å². The highest BCUT2D eigenvalue weighted by Crippen LogP contribution is 2.31. The summed E-state index contributed by atoms with van der Waals surface area (Å²) >= 11 is 5.97. The average molecular weight is 293 g/mol. The predicted octanol–water partition coefficient (Wildman–Crippen LogP) is 5.12. The summed E-state index contributed by atoms with van der Waals surface area (Å²) in [4.78, 5) is 4.85. The normalized spacial score (nSPS) is 13.3. The second kappa shape index (κ2) is 6.62. The molecule has 0 fully saturated rings. The van der Waals surface area contributed by atoms with E-state index in [-0.39, 0.29) is 0 Å². The topological polar surface area (TPSA) is 17.8 Å². The van der Waals surface area contributed by atoms with Crippen molar-refractivity contribution in [1.82, 2.24) is 9.55 Å². The van der Waals surface area contributed by atoms with Gasteiger partial charge in [0.05, 0.1) is 11.0 Å². The maximum Gasteiger partial charge on any atom is 0.111 e. The molecule has 1 heterocycles. The van der Waals surface area contributed by atoms with Gasteiger partial charge in [0.2, 0.25) is 0 Å². The summed E-state index contributed by atoms with van der Waals surface area (Å²) in [6, 6.07) is 6.91. The van der Waals surface area contributed by atoms with E-state index in [4.69, 9.17) is 16.6 Å². The van der Waals surface area contributed by atoms with E-state index < -0.39 is 0 Å². The standard InChI is InChI=1S/C17H25ClN2/c1-5-14(6-2)13(4)20-15-9-7-8-12(3)17(15)19-16(20)10-11-18/h7-9,13-14H,5-6,10-11H2,1-4H3. The summed E-state index contributed by atoms with van der Waals surface area (Å²) in [7, 11) is 0. The third-order valence-electron chi connectivity index (χ3n) is 4.45. The van der Waals surface area contributed by atoms with Crippen LogP contribution in [0.25, 0.3) is 11.0 Å². The molecule has 0 aliphatic rings. The highest BCUT2D eigenvalue weighted by atomic mass is 35.5. The number of fused-ring (bicyclic) bond motifs is 1.